The van der Waals surface area contributed by atoms with Gasteiger partial charge in [-0.25, -0.2) is 0 Å². The summed E-state index contributed by atoms with van der Waals surface area (Å²) in [5, 5.41) is 58.5. The number of hydrogen-bond donors (Lipinski definition) is 0. The van der Waals surface area contributed by atoms with Crippen LogP contribution in [0.4, 0.5) is 17.1 Å². The molecule has 7 heteroatoms. The molecule has 0 unspecified atom stereocenters. The lowest BCUT2D eigenvalue weighted by Crippen LogP contribution is -2.10. The van der Waals surface area contributed by atoms with Crippen molar-refractivity contribution in [3.8, 4) is 69.8 Å². The van der Waals surface area contributed by atoms with Gasteiger partial charge in [-0.15, -0.1) is 0 Å². The van der Waals surface area contributed by atoms with E-state index in [1.165, 1.54) is 0 Å². The van der Waals surface area contributed by atoms with E-state index >= 15 is 0 Å². The first-order valence-corrected chi connectivity index (χ1v) is 15.0. The highest BCUT2D eigenvalue weighted by atomic mass is 15.1. The van der Waals surface area contributed by atoms with E-state index in [1.54, 1.807) is 54.6 Å². The van der Waals surface area contributed by atoms with Crippen LogP contribution in [-0.2, 0) is 0 Å². The van der Waals surface area contributed by atoms with Crippen molar-refractivity contribution >= 4 is 17.1 Å². The smallest absolute Gasteiger partial charge is 0.0998 e. The van der Waals surface area contributed by atoms with Crippen LogP contribution >= 0.6 is 0 Å². The molecule has 0 aromatic heterocycles. The number of anilines is 3. The Morgan fingerprint density at radius 3 is 0.673 bits per heavy atom. The number of rotatable bonds is 6. The highest BCUT2D eigenvalue weighted by Crippen LogP contribution is 2.39. The molecule has 0 aliphatic rings. The predicted molar refractivity (Wildman–Crippen MR) is 186 cm³/mol. The first-order valence-electron chi connectivity index (χ1n) is 15.0. The summed E-state index contributed by atoms with van der Waals surface area (Å²) in [5.41, 5.74) is 8.60. The highest BCUT2D eigenvalue weighted by molar-refractivity contribution is 5.85. The van der Waals surface area contributed by atoms with Gasteiger partial charge in [-0.3, -0.25) is 0 Å². The zero-order valence-corrected chi connectivity index (χ0v) is 25.8. The summed E-state index contributed by atoms with van der Waals surface area (Å²) in [6, 6.07) is 50.9. The van der Waals surface area contributed by atoms with Crippen LogP contribution in [0.1, 0.15) is 33.4 Å². The Bertz CT molecular complexity index is 2110. The number of hydrogen-bond acceptors (Lipinski definition) is 7. The van der Waals surface area contributed by atoms with Gasteiger partial charge in [0.25, 0.3) is 0 Å². The second-order valence-electron chi connectivity index (χ2n) is 10.8. The average molecular weight is 624 g/mol. The van der Waals surface area contributed by atoms with Crippen molar-refractivity contribution in [2.24, 2.45) is 0 Å². The van der Waals surface area contributed by atoms with Crippen molar-refractivity contribution in [1.29, 1.82) is 31.6 Å². The molecule has 0 saturated heterocycles. The maximum Gasteiger partial charge on any atom is 0.0998 e. The molecular formula is C42H21N7. The first-order chi connectivity index (χ1) is 24.0. The molecule has 6 aromatic carbocycles. The molecule has 49 heavy (non-hydrogen) atoms. The summed E-state index contributed by atoms with van der Waals surface area (Å²) in [7, 11) is 0. The van der Waals surface area contributed by atoms with E-state index in [9.17, 15) is 31.6 Å². The third-order valence-corrected chi connectivity index (χ3v) is 8.16. The summed E-state index contributed by atoms with van der Waals surface area (Å²) in [6.07, 6.45) is 0. The van der Waals surface area contributed by atoms with Crippen LogP contribution < -0.4 is 4.90 Å². The molecule has 224 valence electrons. The fourth-order valence-electron chi connectivity index (χ4n) is 5.93. The van der Waals surface area contributed by atoms with E-state index in [1.807, 2.05) is 77.7 Å². The van der Waals surface area contributed by atoms with Gasteiger partial charge in [0.05, 0.1) is 69.8 Å². The Morgan fingerprint density at radius 2 is 0.490 bits per heavy atom. The van der Waals surface area contributed by atoms with E-state index in [0.29, 0.717) is 50.1 Å². The van der Waals surface area contributed by atoms with Crippen molar-refractivity contribution in [3.63, 3.8) is 0 Å². The Kier molecular flexibility index (Phi) is 8.61. The maximum atomic E-state index is 9.74. The molecule has 6 rings (SSSR count). The van der Waals surface area contributed by atoms with Crippen molar-refractivity contribution < 1.29 is 0 Å². The molecule has 0 aliphatic carbocycles. The highest BCUT2D eigenvalue weighted by Gasteiger charge is 2.18. The quantitative estimate of drug-likeness (QED) is 0.180. The van der Waals surface area contributed by atoms with Crippen LogP contribution in [0.15, 0.2) is 127 Å². The lowest BCUT2D eigenvalue weighted by atomic mass is 9.94. The monoisotopic (exact) mass is 623 g/mol. The Morgan fingerprint density at radius 1 is 0.286 bits per heavy atom. The minimum Gasteiger partial charge on any atom is -0.311 e. The van der Waals surface area contributed by atoms with Gasteiger partial charge in [0, 0.05) is 33.8 Å². The largest absolute Gasteiger partial charge is 0.311 e. The molecule has 0 aliphatic heterocycles. The van der Waals surface area contributed by atoms with Gasteiger partial charge >= 0.3 is 0 Å². The van der Waals surface area contributed by atoms with Crippen molar-refractivity contribution in [2.75, 3.05) is 4.90 Å². The topological polar surface area (TPSA) is 146 Å². The van der Waals surface area contributed by atoms with Crippen molar-refractivity contribution in [3.05, 3.63) is 161 Å². The lowest BCUT2D eigenvalue weighted by Gasteiger charge is -2.26. The fraction of sp³-hybridized carbons (Fsp3) is 0. The van der Waals surface area contributed by atoms with Gasteiger partial charge in [-0.1, -0.05) is 54.6 Å². The van der Waals surface area contributed by atoms with Crippen LogP contribution in [0.3, 0.4) is 0 Å². The molecule has 0 saturated carbocycles. The Labute approximate surface area is 283 Å². The summed E-state index contributed by atoms with van der Waals surface area (Å²) in [4.78, 5) is 2.02. The van der Waals surface area contributed by atoms with Gasteiger partial charge in [0.2, 0.25) is 0 Å². The molecule has 6 aromatic rings. The van der Waals surface area contributed by atoms with Crippen LogP contribution in [0.2, 0.25) is 0 Å². The van der Waals surface area contributed by atoms with E-state index < -0.39 is 0 Å². The van der Waals surface area contributed by atoms with Crippen molar-refractivity contribution in [1.82, 2.24) is 0 Å². The first kappa shape index (κ1) is 31.1. The zero-order chi connectivity index (χ0) is 34.3. The van der Waals surface area contributed by atoms with Gasteiger partial charge in [-0.2, -0.15) is 31.6 Å². The predicted octanol–water partition coefficient (Wildman–Crippen LogP) is 9.39. The number of nitrogens with zero attached hydrogens (tertiary/aromatic N) is 7. The average Bonchev–Trinajstić information content (AvgIpc) is 3.17. The fourth-order valence-corrected chi connectivity index (χ4v) is 5.93. The van der Waals surface area contributed by atoms with Crippen molar-refractivity contribution in [2.45, 2.75) is 0 Å². The second-order valence-corrected chi connectivity index (χ2v) is 10.8. The Hall–Kier alpha value is -7.94. The number of benzene rings is 6. The van der Waals surface area contributed by atoms with Gasteiger partial charge in [0.1, 0.15) is 0 Å². The summed E-state index contributed by atoms with van der Waals surface area (Å²) < 4.78 is 0. The van der Waals surface area contributed by atoms with E-state index in [-0.39, 0.29) is 0 Å². The zero-order valence-electron chi connectivity index (χ0n) is 25.8. The molecule has 0 bridgehead atoms. The van der Waals surface area contributed by atoms with E-state index in [0.717, 1.165) is 33.8 Å². The van der Waals surface area contributed by atoms with Gasteiger partial charge in [-0.05, 0) is 89.5 Å². The van der Waals surface area contributed by atoms with Gasteiger partial charge in [0.15, 0.2) is 0 Å². The van der Waals surface area contributed by atoms with E-state index in [2.05, 4.69) is 36.4 Å². The standard InChI is InChI=1S/C42H21N7/c43-22-31-4-1-5-32(23-44)40(31)28-10-16-37(17-11-28)49(38-18-12-29(13-19-38)41-33(24-45)6-2-7-34(41)25-46)39-20-14-30(15-21-39)42-35(26-47)8-3-9-36(42)27-48/h1-21H. The minimum atomic E-state index is 0.401. The molecule has 7 nitrogen and oxygen atoms in total. The van der Waals surface area contributed by atoms with Crippen LogP contribution in [0.25, 0.3) is 33.4 Å². The Balaban J connectivity index is 1.48. The SMILES string of the molecule is N#Cc1cccc(C#N)c1-c1ccc(N(c2ccc(-c3c(C#N)cccc3C#N)cc2)c2ccc(-c3c(C#N)cccc3C#N)cc2)cc1. The molecule has 0 radical (unpaired) electrons. The molecule has 0 atom stereocenters. The lowest BCUT2D eigenvalue weighted by molar-refractivity contribution is 1.28. The van der Waals surface area contributed by atoms with Gasteiger partial charge < -0.3 is 4.90 Å². The van der Waals surface area contributed by atoms with Crippen LogP contribution in [-0.4, -0.2) is 0 Å². The second kappa shape index (κ2) is 13.6. The van der Waals surface area contributed by atoms with Crippen LogP contribution in [0, 0.1) is 68.0 Å². The molecule has 0 amide bonds. The third-order valence-electron chi connectivity index (χ3n) is 8.16. The van der Waals surface area contributed by atoms with E-state index in [4.69, 9.17) is 0 Å². The molecule has 0 fully saturated rings. The normalized spacial score (nSPS) is 9.92. The molecule has 0 heterocycles. The summed E-state index contributed by atoms with van der Waals surface area (Å²) >= 11 is 0. The van der Waals surface area contributed by atoms with Crippen LogP contribution in [0.5, 0.6) is 0 Å². The molecule has 0 N–H and O–H groups in total. The molecule has 0 spiro atoms. The minimum absolute atomic E-state index is 0.401. The number of nitriles is 6. The summed E-state index contributed by atoms with van der Waals surface area (Å²) in [6.45, 7) is 0. The maximum absolute atomic E-state index is 9.74. The third kappa shape index (κ3) is 5.80. The summed E-state index contributed by atoms with van der Waals surface area (Å²) in [5.74, 6) is 0. The molecular weight excluding hydrogens is 603 g/mol.